The molecule has 0 radical (unpaired) electrons. The summed E-state index contributed by atoms with van der Waals surface area (Å²) in [5.41, 5.74) is 0.327. The molecule has 0 N–H and O–H groups in total. The van der Waals surface area contributed by atoms with Crippen molar-refractivity contribution in [3.05, 3.63) is 24.3 Å². The van der Waals surface area contributed by atoms with E-state index in [9.17, 15) is 13.2 Å². The normalized spacial score (nSPS) is 22.0. The third kappa shape index (κ3) is 5.94. The second-order valence-electron chi connectivity index (χ2n) is 7.82. The number of carbonyl (C=O) groups is 1. The van der Waals surface area contributed by atoms with Crippen LogP contribution >= 0.6 is 0 Å². The number of ether oxygens (including phenoxy) is 1. The van der Waals surface area contributed by atoms with Crippen LogP contribution in [0.3, 0.4) is 0 Å². The van der Waals surface area contributed by atoms with Crippen LogP contribution in [0, 0.1) is 0 Å². The molecule has 0 saturated carbocycles. The minimum atomic E-state index is -3.20. The molecule has 3 heterocycles. The molecule has 1 amide bonds. The van der Waals surface area contributed by atoms with Gasteiger partial charge in [0.05, 0.1) is 12.5 Å². The number of hydrogen-bond acceptors (Lipinski definition) is 7. The van der Waals surface area contributed by atoms with E-state index in [4.69, 9.17) is 4.74 Å². The molecule has 3 rings (SSSR count). The Morgan fingerprint density at radius 3 is 2.62 bits per heavy atom. The average molecular weight is 426 g/mol. The van der Waals surface area contributed by atoms with Crippen molar-refractivity contribution in [2.45, 2.75) is 37.8 Å². The number of piperidine rings is 1. The van der Waals surface area contributed by atoms with Crippen LogP contribution in [-0.2, 0) is 14.8 Å². The minimum absolute atomic E-state index is 0.154. The van der Waals surface area contributed by atoms with Crippen molar-refractivity contribution in [2.24, 2.45) is 0 Å². The molecule has 9 nitrogen and oxygen atoms in total. The van der Waals surface area contributed by atoms with Crippen molar-refractivity contribution in [1.82, 2.24) is 24.1 Å². The summed E-state index contributed by atoms with van der Waals surface area (Å²) >= 11 is 0. The van der Waals surface area contributed by atoms with Crippen molar-refractivity contribution >= 4 is 15.9 Å². The summed E-state index contributed by atoms with van der Waals surface area (Å²) < 4.78 is 31.2. The molecule has 1 unspecified atom stereocenters. The quantitative estimate of drug-likeness (QED) is 0.626. The lowest BCUT2D eigenvalue weighted by Crippen LogP contribution is -2.55. The highest BCUT2D eigenvalue weighted by Crippen LogP contribution is 2.24. The molecule has 2 aliphatic rings. The zero-order chi connectivity index (χ0) is 20.9. The maximum atomic E-state index is 12.6. The summed E-state index contributed by atoms with van der Waals surface area (Å²) in [4.78, 5) is 24.7. The molecule has 1 atom stereocenters. The molecule has 1 aromatic heterocycles. The Bertz CT molecular complexity index is 770. The Hall–Kier alpha value is -1.62. The van der Waals surface area contributed by atoms with Gasteiger partial charge in [0.25, 0.3) is 5.91 Å². The van der Waals surface area contributed by atoms with Crippen LogP contribution < -0.4 is 0 Å². The third-order valence-electron chi connectivity index (χ3n) is 5.78. The summed E-state index contributed by atoms with van der Waals surface area (Å²) in [6.07, 6.45) is 9.48. The van der Waals surface area contributed by atoms with Crippen molar-refractivity contribution in [2.75, 3.05) is 52.7 Å². The van der Waals surface area contributed by atoms with Gasteiger partial charge in [-0.25, -0.2) is 17.7 Å². The number of likely N-dealkylation sites (N-methyl/N-ethyl adjacent to an activating group) is 1. The summed E-state index contributed by atoms with van der Waals surface area (Å²) in [5.74, 6) is -0.161. The predicted octanol–water partition coefficient (Wildman–Crippen LogP) is 0.454. The fourth-order valence-corrected chi connectivity index (χ4v) is 5.05. The zero-order valence-corrected chi connectivity index (χ0v) is 18.1. The van der Waals surface area contributed by atoms with Gasteiger partial charge >= 0.3 is 0 Å². The second-order valence-corrected chi connectivity index (χ2v) is 9.80. The van der Waals surface area contributed by atoms with Crippen molar-refractivity contribution < 1.29 is 17.9 Å². The monoisotopic (exact) mass is 425 g/mol. The van der Waals surface area contributed by atoms with Gasteiger partial charge < -0.3 is 9.64 Å². The molecule has 29 heavy (non-hydrogen) atoms. The van der Waals surface area contributed by atoms with E-state index in [1.165, 1.54) is 18.6 Å². The fourth-order valence-electron chi connectivity index (χ4n) is 4.14. The highest BCUT2D eigenvalue weighted by atomic mass is 32.2. The maximum absolute atomic E-state index is 12.6. The van der Waals surface area contributed by atoms with Crippen LogP contribution in [0.4, 0.5) is 0 Å². The first kappa shape index (κ1) is 22.1. The van der Waals surface area contributed by atoms with E-state index in [0.29, 0.717) is 37.9 Å². The van der Waals surface area contributed by atoms with E-state index in [0.717, 1.165) is 38.9 Å². The molecular weight excluding hydrogens is 394 g/mol. The standard InChI is InChI=1S/C19H31N5O4S/c1-22(19(25)18-14-20-7-8-21-18)10-11-24(16-5-12-28-13-6-16)17-4-3-9-23(15-17)29(2,26)27/h7-8,14,16-17H,3-6,9-13,15H2,1-2H3. The molecule has 0 spiro atoms. The molecule has 0 bridgehead atoms. The first-order valence-corrected chi connectivity index (χ1v) is 12.0. The number of rotatable bonds is 7. The Balaban J connectivity index is 1.68. The SMILES string of the molecule is CN(CCN(C1CCOCC1)C1CCCN(S(C)(=O)=O)C1)C(=O)c1cnccn1. The van der Waals surface area contributed by atoms with Gasteiger partial charge in [0.15, 0.2) is 0 Å². The van der Waals surface area contributed by atoms with E-state index < -0.39 is 10.0 Å². The van der Waals surface area contributed by atoms with Gasteiger partial charge in [-0.1, -0.05) is 0 Å². The molecule has 2 saturated heterocycles. The first-order chi connectivity index (χ1) is 13.9. The van der Waals surface area contributed by atoms with Gasteiger partial charge in [-0.3, -0.25) is 14.7 Å². The van der Waals surface area contributed by atoms with Gasteiger partial charge in [-0.05, 0) is 25.7 Å². The number of amides is 1. The van der Waals surface area contributed by atoms with Gasteiger partial charge in [-0.2, -0.15) is 0 Å². The van der Waals surface area contributed by atoms with Gasteiger partial charge in [0, 0.05) is 70.9 Å². The van der Waals surface area contributed by atoms with Crippen molar-refractivity contribution in [3.63, 3.8) is 0 Å². The van der Waals surface area contributed by atoms with Crippen LogP contribution in [0.1, 0.15) is 36.2 Å². The second kappa shape index (κ2) is 9.92. The lowest BCUT2D eigenvalue weighted by atomic mass is 9.99. The van der Waals surface area contributed by atoms with Crippen LogP contribution in [0.15, 0.2) is 18.6 Å². The number of aromatic nitrogens is 2. The maximum Gasteiger partial charge on any atom is 0.273 e. The van der Waals surface area contributed by atoms with Gasteiger partial charge in [0.1, 0.15) is 5.69 Å². The van der Waals surface area contributed by atoms with Crippen molar-refractivity contribution in [3.8, 4) is 0 Å². The lowest BCUT2D eigenvalue weighted by molar-refractivity contribution is 0.00316. The smallest absolute Gasteiger partial charge is 0.273 e. The minimum Gasteiger partial charge on any atom is -0.381 e. The van der Waals surface area contributed by atoms with Crippen LogP contribution in [-0.4, -0.2) is 103 Å². The number of carbonyl (C=O) groups excluding carboxylic acids is 1. The Morgan fingerprint density at radius 2 is 1.97 bits per heavy atom. The molecule has 2 fully saturated rings. The molecule has 2 aliphatic heterocycles. The molecule has 10 heteroatoms. The zero-order valence-electron chi connectivity index (χ0n) is 17.2. The van der Waals surface area contributed by atoms with Crippen molar-refractivity contribution in [1.29, 1.82) is 0 Å². The number of sulfonamides is 1. The molecule has 1 aromatic rings. The molecular formula is C19H31N5O4S. The van der Waals surface area contributed by atoms with E-state index in [1.807, 2.05) is 0 Å². The van der Waals surface area contributed by atoms with E-state index in [2.05, 4.69) is 14.9 Å². The summed E-state index contributed by atoms with van der Waals surface area (Å²) in [7, 11) is -1.43. The summed E-state index contributed by atoms with van der Waals surface area (Å²) in [6.45, 7) is 3.77. The number of hydrogen-bond donors (Lipinski definition) is 0. The molecule has 0 aliphatic carbocycles. The fraction of sp³-hybridized carbons (Fsp3) is 0.737. The van der Waals surface area contributed by atoms with E-state index in [-0.39, 0.29) is 11.9 Å². The Labute approximate surface area is 173 Å². The topological polar surface area (TPSA) is 95.9 Å². The first-order valence-electron chi connectivity index (χ1n) is 10.2. The Morgan fingerprint density at radius 1 is 1.21 bits per heavy atom. The third-order valence-corrected chi connectivity index (χ3v) is 7.05. The highest BCUT2D eigenvalue weighted by molar-refractivity contribution is 7.88. The van der Waals surface area contributed by atoms with Crippen LogP contribution in [0.2, 0.25) is 0 Å². The highest BCUT2D eigenvalue weighted by Gasteiger charge is 2.34. The lowest BCUT2D eigenvalue weighted by Gasteiger charge is -2.44. The Kier molecular flexibility index (Phi) is 7.55. The summed E-state index contributed by atoms with van der Waals surface area (Å²) in [5, 5.41) is 0. The average Bonchev–Trinajstić information content (AvgIpc) is 2.74. The molecule has 162 valence electrons. The van der Waals surface area contributed by atoms with Gasteiger partial charge in [0.2, 0.25) is 10.0 Å². The van der Waals surface area contributed by atoms with E-state index in [1.54, 1.807) is 22.4 Å². The van der Waals surface area contributed by atoms with Crippen LogP contribution in [0.5, 0.6) is 0 Å². The van der Waals surface area contributed by atoms with E-state index >= 15 is 0 Å². The van der Waals surface area contributed by atoms with Gasteiger partial charge in [-0.15, -0.1) is 0 Å². The summed E-state index contributed by atoms with van der Waals surface area (Å²) in [6, 6.07) is 0.495. The predicted molar refractivity (Wildman–Crippen MR) is 109 cm³/mol. The van der Waals surface area contributed by atoms with Crippen LogP contribution in [0.25, 0.3) is 0 Å². The molecule has 0 aromatic carbocycles. The largest absolute Gasteiger partial charge is 0.381 e. The number of nitrogens with zero attached hydrogens (tertiary/aromatic N) is 5.